The molecular weight excluding hydrogens is 114 g/mol. The highest BCUT2D eigenvalue weighted by Crippen LogP contribution is 1.90. The summed E-state index contributed by atoms with van der Waals surface area (Å²) in [6, 6.07) is -0.0918. The molecule has 0 unspecified atom stereocenters. The molecule has 3 N–H and O–H groups in total. The van der Waals surface area contributed by atoms with Crippen molar-refractivity contribution in [2.75, 3.05) is 6.61 Å². The lowest BCUT2D eigenvalue weighted by Gasteiger charge is -2.02. The Morgan fingerprint density at radius 3 is 2.78 bits per heavy atom. The molecule has 0 aromatic rings. The Morgan fingerprint density at radius 2 is 2.33 bits per heavy atom. The largest absolute Gasteiger partial charge is 0.395 e. The second-order valence-corrected chi connectivity index (χ2v) is 1.91. The van der Waals surface area contributed by atoms with Crippen molar-refractivity contribution in [1.29, 1.82) is 0 Å². The van der Waals surface area contributed by atoms with Crippen molar-refractivity contribution in [2.24, 2.45) is 5.73 Å². The van der Waals surface area contributed by atoms with Gasteiger partial charge in [0.15, 0.2) is 0 Å². The zero-order valence-corrected chi connectivity index (χ0v) is 5.72. The molecule has 0 rings (SSSR count). The van der Waals surface area contributed by atoms with E-state index < -0.39 is 0 Å². The lowest BCUT2D eigenvalue weighted by atomic mass is 10.2. The zero-order valence-electron chi connectivity index (χ0n) is 5.72. The molecule has 0 radical (unpaired) electrons. The number of hydrogen-bond donors (Lipinski definition) is 2. The Morgan fingerprint density at radius 1 is 1.67 bits per heavy atom. The third-order valence-corrected chi connectivity index (χ3v) is 1.05. The molecular formula is C7H13NO. The van der Waals surface area contributed by atoms with Crippen LogP contribution in [0, 0.1) is 11.8 Å². The highest BCUT2D eigenvalue weighted by Gasteiger charge is 1.95. The van der Waals surface area contributed by atoms with Gasteiger partial charge in [-0.25, -0.2) is 0 Å². The molecule has 0 spiro atoms. The van der Waals surface area contributed by atoms with Gasteiger partial charge in [0.2, 0.25) is 0 Å². The fourth-order valence-corrected chi connectivity index (χ4v) is 0.474. The van der Waals surface area contributed by atoms with Gasteiger partial charge in [0.05, 0.1) is 6.61 Å². The van der Waals surface area contributed by atoms with Gasteiger partial charge in [-0.1, -0.05) is 0 Å². The molecule has 1 atom stereocenters. The summed E-state index contributed by atoms with van der Waals surface area (Å²) in [5, 5.41) is 8.46. The quantitative estimate of drug-likeness (QED) is 0.528. The predicted octanol–water partition coefficient (Wildman–Crippen LogP) is 0.110. The van der Waals surface area contributed by atoms with Crippen LogP contribution in [0.15, 0.2) is 0 Å². The fraction of sp³-hybridized carbons (Fsp3) is 0.714. The number of rotatable bonds is 3. The van der Waals surface area contributed by atoms with E-state index in [-0.39, 0.29) is 12.6 Å². The van der Waals surface area contributed by atoms with E-state index in [0.29, 0.717) is 0 Å². The second-order valence-electron chi connectivity index (χ2n) is 1.91. The lowest BCUT2D eigenvalue weighted by molar-refractivity contribution is 0.261. The Balaban J connectivity index is 3.13. The van der Waals surface area contributed by atoms with E-state index >= 15 is 0 Å². The Bertz CT molecular complexity index is 112. The first-order valence-corrected chi connectivity index (χ1v) is 3.07. The number of aliphatic hydroxyl groups excluding tert-OH is 1. The van der Waals surface area contributed by atoms with Crippen molar-refractivity contribution in [3.8, 4) is 11.8 Å². The molecule has 52 valence electrons. The molecule has 0 heterocycles. The van der Waals surface area contributed by atoms with Crippen molar-refractivity contribution in [3.05, 3.63) is 0 Å². The molecule has 0 saturated carbocycles. The summed E-state index contributed by atoms with van der Waals surface area (Å²) in [4.78, 5) is 0. The van der Waals surface area contributed by atoms with Crippen LogP contribution >= 0.6 is 0 Å². The van der Waals surface area contributed by atoms with Gasteiger partial charge in [0.1, 0.15) is 0 Å². The predicted molar refractivity (Wildman–Crippen MR) is 37.7 cm³/mol. The number of aliphatic hydroxyl groups is 1. The molecule has 2 nitrogen and oxygen atoms in total. The Labute approximate surface area is 56.1 Å². The second kappa shape index (κ2) is 5.61. The third-order valence-electron chi connectivity index (χ3n) is 1.05. The molecule has 0 aliphatic carbocycles. The normalized spacial score (nSPS) is 11.9. The molecule has 0 aromatic heterocycles. The maximum absolute atomic E-state index is 8.46. The minimum absolute atomic E-state index is 0.0609. The van der Waals surface area contributed by atoms with Crippen LogP contribution in [-0.2, 0) is 0 Å². The minimum Gasteiger partial charge on any atom is -0.395 e. The Kier molecular flexibility index (Phi) is 5.29. The van der Waals surface area contributed by atoms with Crippen LogP contribution in [-0.4, -0.2) is 17.8 Å². The van der Waals surface area contributed by atoms with Gasteiger partial charge in [0.25, 0.3) is 0 Å². The van der Waals surface area contributed by atoms with Gasteiger partial charge in [-0.3, -0.25) is 0 Å². The van der Waals surface area contributed by atoms with Crippen LogP contribution in [0.5, 0.6) is 0 Å². The summed E-state index contributed by atoms with van der Waals surface area (Å²) in [5.41, 5.74) is 5.40. The average Bonchev–Trinajstić information content (AvgIpc) is 1.89. The first kappa shape index (κ1) is 8.48. The number of hydrogen-bond acceptors (Lipinski definition) is 2. The summed E-state index contributed by atoms with van der Waals surface area (Å²) in [6.07, 6.45) is 1.58. The number of nitrogens with two attached hydrogens (primary N) is 1. The van der Waals surface area contributed by atoms with Crippen LogP contribution in [0.3, 0.4) is 0 Å². The van der Waals surface area contributed by atoms with E-state index in [1.165, 1.54) is 0 Å². The molecule has 0 fully saturated rings. The van der Waals surface area contributed by atoms with Gasteiger partial charge < -0.3 is 10.8 Å². The summed E-state index contributed by atoms with van der Waals surface area (Å²) >= 11 is 0. The van der Waals surface area contributed by atoms with E-state index in [1.54, 1.807) is 6.92 Å². The first-order chi connectivity index (χ1) is 4.31. The van der Waals surface area contributed by atoms with Crippen molar-refractivity contribution in [2.45, 2.75) is 25.8 Å². The maximum atomic E-state index is 8.46. The fourth-order valence-electron chi connectivity index (χ4n) is 0.474. The molecule has 0 amide bonds. The van der Waals surface area contributed by atoms with Crippen molar-refractivity contribution >= 4 is 0 Å². The van der Waals surface area contributed by atoms with Gasteiger partial charge >= 0.3 is 0 Å². The monoisotopic (exact) mass is 127 g/mol. The highest BCUT2D eigenvalue weighted by atomic mass is 16.3. The molecule has 2 heteroatoms. The molecule has 0 aliphatic rings. The topological polar surface area (TPSA) is 46.2 Å². The van der Waals surface area contributed by atoms with Crippen LogP contribution in [0.1, 0.15) is 19.8 Å². The van der Waals surface area contributed by atoms with E-state index in [4.69, 9.17) is 10.8 Å². The lowest BCUT2D eigenvalue weighted by Crippen LogP contribution is -2.23. The molecule has 0 bridgehead atoms. The van der Waals surface area contributed by atoms with Gasteiger partial charge in [-0.15, -0.1) is 11.8 Å². The third kappa shape index (κ3) is 5.35. The smallest absolute Gasteiger partial charge is 0.0582 e. The van der Waals surface area contributed by atoms with E-state index in [2.05, 4.69) is 11.8 Å². The summed E-state index contributed by atoms with van der Waals surface area (Å²) < 4.78 is 0. The Hall–Kier alpha value is -0.520. The van der Waals surface area contributed by atoms with Crippen LogP contribution in [0.4, 0.5) is 0 Å². The molecule has 0 saturated heterocycles. The van der Waals surface area contributed by atoms with Crippen molar-refractivity contribution < 1.29 is 5.11 Å². The van der Waals surface area contributed by atoms with E-state index in [0.717, 1.165) is 12.8 Å². The summed E-state index contributed by atoms with van der Waals surface area (Å²) in [5.74, 6) is 5.63. The van der Waals surface area contributed by atoms with Gasteiger partial charge in [-0.05, 0) is 13.3 Å². The van der Waals surface area contributed by atoms with E-state index in [1.807, 2.05) is 0 Å². The maximum Gasteiger partial charge on any atom is 0.0582 e. The zero-order chi connectivity index (χ0) is 7.11. The molecule has 9 heavy (non-hydrogen) atoms. The summed E-state index contributed by atoms with van der Waals surface area (Å²) in [6.45, 7) is 1.86. The van der Waals surface area contributed by atoms with Crippen molar-refractivity contribution in [1.82, 2.24) is 0 Å². The van der Waals surface area contributed by atoms with E-state index in [9.17, 15) is 0 Å². The standard InChI is InChI=1S/C7H13NO/c1-2-3-4-5-7(8)6-9/h7,9H,4-6,8H2,1H3/t7-/m1/s1. The van der Waals surface area contributed by atoms with Crippen LogP contribution < -0.4 is 5.73 Å². The molecule has 0 aromatic carbocycles. The van der Waals surface area contributed by atoms with Gasteiger partial charge in [-0.2, -0.15) is 0 Å². The minimum atomic E-state index is -0.0918. The summed E-state index contributed by atoms with van der Waals surface area (Å²) in [7, 11) is 0. The van der Waals surface area contributed by atoms with Gasteiger partial charge in [0, 0.05) is 12.5 Å². The van der Waals surface area contributed by atoms with Crippen LogP contribution in [0.2, 0.25) is 0 Å². The first-order valence-electron chi connectivity index (χ1n) is 3.07. The average molecular weight is 127 g/mol. The van der Waals surface area contributed by atoms with Crippen molar-refractivity contribution in [3.63, 3.8) is 0 Å². The SMILES string of the molecule is CC#CCC[C@@H](N)CO. The van der Waals surface area contributed by atoms with Crippen LogP contribution in [0.25, 0.3) is 0 Å². The molecule has 0 aliphatic heterocycles. The highest BCUT2D eigenvalue weighted by molar-refractivity contribution is 4.95.